The van der Waals surface area contributed by atoms with Crippen LogP contribution in [-0.4, -0.2) is 21.9 Å². The Hall–Kier alpha value is -1.51. The lowest BCUT2D eigenvalue weighted by Gasteiger charge is -2.22. The van der Waals surface area contributed by atoms with E-state index in [0.29, 0.717) is 19.5 Å². The number of hydrogen-bond donors (Lipinski definition) is 0. The lowest BCUT2D eigenvalue weighted by atomic mass is 10.0. The largest absolute Gasteiger partial charge is 0.353 e. The Morgan fingerprint density at radius 2 is 2.25 bits per heavy atom. The molecule has 1 amide bonds. The Morgan fingerprint density at radius 3 is 2.85 bits per heavy atom. The Labute approximate surface area is 122 Å². The fourth-order valence-corrected chi connectivity index (χ4v) is 3.05. The number of aryl methyl sites for hydroxylation is 1. The van der Waals surface area contributed by atoms with Crippen molar-refractivity contribution in [2.75, 3.05) is 6.54 Å². The molecule has 0 N–H and O–H groups in total. The highest BCUT2D eigenvalue weighted by molar-refractivity contribution is 5.76. The second-order valence-corrected chi connectivity index (χ2v) is 5.86. The lowest BCUT2D eigenvalue weighted by molar-refractivity contribution is -0.131. The van der Waals surface area contributed by atoms with Gasteiger partial charge in [0.1, 0.15) is 0 Å². The highest BCUT2D eigenvalue weighted by Crippen LogP contribution is 2.28. The minimum absolute atomic E-state index is 0.262. The molecule has 0 bridgehead atoms. The maximum atomic E-state index is 12.4. The van der Waals surface area contributed by atoms with Crippen LogP contribution in [-0.2, 0) is 18.4 Å². The zero-order chi connectivity index (χ0) is 14.4. The van der Waals surface area contributed by atoms with E-state index in [-0.39, 0.29) is 5.91 Å². The maximum absolute atomic E-state index is 12.4. The molecular weight excluding hydrogens is 248 g/mol. The van der Waals surface area contributed by atoms with E-state index in [1.54, 1.807) is 0 Å². The number of aromatic nitrogens is 1. The van der Waals surface area contributed by atoms with Crippen molar-refractivity contribution in [3.05, 3.63) is 36.7 Å². The zero-order valence-corrected chi connectivity index (χ0v) is 12.6. The predicted molar refractivity (Wildman–Crippen MR) is 82.2 cm³/mol. The first-order chi connectivity index (χ1) is 9.70. The van der Waals surface area contributed by atoms with E-state index in [1.807, 2.05) is 30.3 Å². The van der Waals surface area contributed by atoms with Crippen LogP contribution >= 0.6 is 0 Å². The summed E-state index contributed by atoms with van der Waals surface area (Å²) in [7, 11) is 2.02. The number of rotatable bonds is 7. The van der Waals surface area contributed by atoms with Crippen LogP contribution in [0.25, 0.3) is 0 Å². The molecule has 20 heavy (non-hydrogen) atoms. The van der Waals surface area contributed by atoms with Crippen molar-refractivity contribution in [3.8, 4) is 0 Å². The third kappa shape index (κ3) is 3.99. The van der Waals surface area contributed by atoms with Crippen molar-refractivity contribution < 1.29 is 4.79 Å². The van der Waals surface area contributed by atoms with Gasteiger partial charge in [-0.3, -0.25) is 4.79 Å². The fraction of sp³-hybridized carbons (Fsp3) is 0.588. The van der Waals surface area contributed by atoms with Gasteiger partial charge in [0, 0.05) is 31.9 Å². The van der Waals surface area contributed by atoms with E-state index < -0.39 is 0 Å². The highest BCUT2D eigenvalue weighted by atomic mass is 16.2. The number of carbonyl (C=O) groups is 1. The van der Waals surface area contributed by atoms with Gasteiger partial charge in [-0.1, -0.05) is 31.8 Å². The summed E-state index contributed by atoms with van der Waals surface area (Å²) >= 11 is 0. The van der Waals surface area contributed by atoms with Gasteiger partial charge in [-0.15, -0.1) is 6.58 Å². The zero-order valence-electron chi connectivity index (χ0n) is 12.6. The maximum Gasteiger partial charge on any atom is 0.223 e. The van der Waals surface area contributed by atoms with Gasteiger partial charge in [0.25, 0.3) is 0 Å². The van der Waals surface area contributed by atoms with Gasteiger partial charge >= 0.3 is 0 Å². The Balaban J connectivity index is 1.87. The van der Waals surface area contributed by atoms with Crippen molar-refractivity contribution in [2.45, 2.75) is 45.1 Å². The first-order valence-corrected chi connectivity index (χ1v) is 7.69. The smallest absolute Gasteiger partial charge is 0.223 e. The summed E-state index contributed by atoms with van der Waals surface area (Å²) in [6.07, 6.45) is 10.9. The molecule has 1 aliphatic carbocycles. The molecule has 1 fully saturated rings. The number of carbonyl (C=O) groups excluding carboxylic acids is 1. The third-order valence-corrected chi connectivity index (χ3v) is 4.35. The van der Waals surface area contributed by atoms with Gasteiger partial charge in [0.05, 0.1) is 6.54 Å². The van der Waals surface area contributed by atoms with Crippen LogP contribution in [0.15, 0.2) is 31.0 Å². The molecular formula is C17H26N2O. The minimum atomic E-state index is 0.262. The first kappa shape index (κ1) is 14.9. The van der Waals surface area contributed by atoms with Crippen LogP contribution in [0.4, 0.5) is 0 Å². The molecule has 3 heteroatoms. The molecule has 1 saturated carbocycles. The van der Waals surface area contributed by atoms with E-state index in [9.17, 15) is 4.79 Å². The Morgan fingerprint density at radius 1 is 1.50 bits per heavy atom. The second-order valence-electron chi connectivity index (χ2n) is 5.86. The molecule has 0 radical (unpaired) electrons. The SMILES string of the molecule is C=CCN(Cc1cccn1C)C(=O)CCC1CCCC1. The van der Waals surface area contributed by atoms with Crippen LogP contribution in [0, 0.1) is 5.92 Å². The summed E-state index contributed by atoms with van der Waals surface area (Å²) < 4.78 is 2.07. The molecule has 1 heterocycles. The topological polar surface area (TPSA) is 25.2 Å². The summed E-state index contributed by atoms with van der Waals surface area (Å²) in [5.41, 5.74) is 1.17. The van der Waals surface area contributed by atoms with E-state index >= 15 is 0 Å². The van der Waals surface area contributed by atoms with Crippen molar-refractivity contribution in [3.63, 3.8) is 0 Å². The van der Waals surface area contributed by atoms with Crippen LogP contribution in [0.1, 0.15) is 44.2 Å². The molecule has 2 rings (SSSR count). The number of amides is 1. The van der Waals surface area contributed by atoms with Crippen LogP contribution in [0.2, 0.25) is 0 Å². The molecule has 110 valence electrons. The van der Waals surface area contributed by atoms with Crippen molar-refractivity contribution in [1.29, 1.82) is 0 Å². The van der Waals surface area contributed by atoms with Crippen molar-refractivity contribution in [1.82, 2.24) is 9.47 Å². The van der Waals surface area contributed by atoms with E-state index in [0.717, 1.165) is 12.3 Å². The Kier molecular flexibility index (Phi) is 5.45. The molecule has 1 aromatic heterocycles. The lowest BCUT2D eigenvalue weighted by Crippen LogP contribution is -2.31. The van der Waals surface area contributed by atoms with Gasteiger partial charge in [0.2, 0.25) is 5.91 Å². The van der Waals surface area contributed by atoms with E-state index in [1.165, 1.54) is 31.4 Å². The third-order valence-electron chi connectivity index (χ3n) is 4.35. The first-order valence-electron chi connectivity index (χ1n) is 7.69. The van der Waals surface area contributed by atoms with Gasteiger partial charge in [-0.2, -0.15) is 0 Å². The molecule has 0 aromatic carbocycles. The quantitative estimate of drug-likeness (QED) is 0.698. The summed E-state index contributed by atoms with van der Waals surface area (Å²) in [6.45, 7) is 5.08. The monoisotopic (exact) mass is 274 g/mol. The predicted octanol–water partition coefficient (Wildman–Crippen LogP) is 3.51. The molecule has 0 saturated heterocycles. The van der Waals surface area contributed by atoms with E-state index in [2.05, 4.69) is 17.2 Å². The minimum Gasteiger partial charge on any atom is -0.353 e. The standard InChI is InChI=1S/C17H26N2O/c1-3-12-19(14-16-9-6-13-18(16)2)17(20)11-10-15-7-4-5-8-15/h3,6,9,13,15H,1,4-5,7-8,10-12,14H2,2H3. The summed E-state index contributed by atoms with van der Waals surface area (Å²) in [6, 6.07) is 4.09. The molecule has 0 aliphatic heterocycles. The number of nitrogens with zero attached hydrogens (tertiary/aromatic N) is 2. The summed E-state index contributed by atoms with van der Waals surface area (Å²) in [5, 5.41) is 0. The van der Waals surface area contributed by atoms with Crippen LogP contribution in [0.5, 0.6) is 0 Å². The highest BCUT2D eigenvalue weighted by Gasteiger charge is 2.19. The molecule has 0 spiro atoms. The molecule has 1 aliphatic rings. The van der Waals surface area contributed by atoms with E-state index in [4.69, 9.17) is 0 Å². The van der Waals surface area contributed by atoms with Crippen molar-refractivity contribution in [2.24, 2.45) is 13.0 Å². The van der Waals surface area contributed by atoms with Crippen LogP contribution in [0.3, 0.4) is 0 Å². The second kappa shape index (κ2) is 7.32. The van der Waals surface area contributed by atoms with Gasteiger partial charge in [0.15, 0.2) is 0 Å². The average molecular weight is 274 g/mol. The van der Waals surface area contributed by atoms with Gasteiger partial charge < -0.3 is 9.47 Å². The van der Waals surface area contributed by atoms with Crippen molar-refractivity contribution >= 4 is 5.91 Å². The summed E-state index contributed by atoms with van der Waals surface area (Å²) in [4.78, 5) is 14.3. The molecule has 0 unspecified atom stereocenters. The van der Waals surface area contributed by atoms with Crippen LogP contribution < -0.4 is 0 Å². The summed E-state index contributed by atoms with van der Waals surface area (Å²) in [5.74, 6) is 1.04. The molecule has 3 nitrogen and oxygen atoms in total. The number of hydrogen-bond acceptors (Lipinski definition) is 1. The Bertz CT molecular complexity index is 444. The fourth-order valence-electron chi connectivity index (χ4n) is 3.05. The molecule has 1 aromatic rings. The normalized spacial score (nSPS) is 15.4. The van der Waals surface area contributed by atoms with Gasteiger partial charge in [-0.05, 0) is 24.5 Å². The molecule has 0 atom stereocenters. The van der Waals surface area contributed by atoms with Gasteiger partial charge in [-0.25, -0.2) is 0 Å². The average Bonchev–Trinajstić information content (AvgIpc) is 3.08.